The normalized spacial score (nSPS) is 12.2. The van der Waals surface area contributed by atoms with Crippen LogP contribution in [-0.2, 0) is 20.7 Å². The lowest BCUT2D eigenvalue weighted by Crippen LogP contribution is -2.42. The van der Waals surface area contributed by atoms with Crippen LogP contribution in [0, 0.1) is 5.82 Å². The van der Waals surface area contributed by atoms with Crippen LogP contribution >= 0.6 is 11.6 Å². The number of hydrogen-bond donors (Lipinski definition) is 3. The van der Waals surface area contributed by atoms with Gasteiger partial charge in [0.15, 0.2) is 11.6 Å². The molecule has 32 heavy (non-hydrogen) atoms. The Kier molecular flexibility index (Phi) is 11.3. The summed E-state index contributed by atoms with van der Waals surface area (Å²) >= 11 is 6.10. The molecule has 1 aromatic rings. The maximum absolute atomic E-state index is 14.9. The smallest absolute Gasteiger partial charge is 0.407 e. The summed E-state index contributed by atoms with van der Waals surface area (Å²) in [5, 5.41) is 11.6. The van der Waals surface area contributed by atoms with Gasteiger partial charge in [0.2, 0.25) is 5.91 Å². The molecule has 0 fully saturated rings. The number of aliphatic carboxylic acids is 1. The molecule has 0 unspecified atom stereocenters. The lowest BCUT2D eigenvalue weighted by atomic mass is 10.1. The fourth-order valence-electron chi connectivity index (χ4n) is 2.85. The minimum atomic E-state index is -0.861. The second kappa shape index (κ2) is 13.1. The number of alkyl carbamates (subject to hydrolysis) is 1. The molecule has 0 aromatic heterocycles. The molecule has 0 aliphatic rings. The van der Waals surface area contributed by atoms with Crippen LogP contribution in [-0.4, -0.2) is 41.3 Å². The highest BCUT2D eigenvalue weighted by Crippen LogP contribution is 2.27. The van der Waals surface area contributed by atoms with Crippen LogP contribution in [0.3, 0.4) is 0 Å². The Morgan fingerprint density at radius 2 is 1.88 bits per heavy atom. The maximum atomic E-state index is 14.9. The second-order valence-corrected chi connectivity index (χ2v) is 8.93. The molecule has 0 spiro atoms. The zero-order chi connectivity index (χ0) is 24.3. The summed E-state index contributed by atoms with van der Waals surface area (Å²) in [6.07, 6.45) is 1.71. The van der Waals surface area contributed by atoms with Gasteiger partial charge in [-0.2, -0.15) is 0 Å². The van der Waals surface area contributed by atoms with Crippen LogP contribution in [0.1, 0.15) is 64.9 Å². The predicted octanol–water partition coefficient (Wildman–Crippen LogP) is 4.20. The molecule has 0 aliphatic carbocycles. The van der Waals surface area contributed by atoms with E-state index in [0.717, 1.165) is 0 Å². The lowest BCUT2D eigenvalue weighted by molar-refractivity contribution is -0.137. The van der Waals surface area contributed by atoms with Gasteiger partial charge in [0.05, 0.1) is 6.04 Å². The number of nitrogens with one attached hydrogen (secondary N) is 1. The van der Waals surface area contributed by atoms with Crippen molar-refractivity contribution in [2.45, 2.75) is 77.4 Å². The van der Waals surface area contributed by atoms with Crippen molar-refractivity contribution in [2.24, 2.45) is 5.73 Å². The third-order valence-corrected chi connectivity index (χ3v) is 4.53. The van der Waals surface area contributed by atoms with E-state index in [1.165, 1.54) is 12.1 Å². The summed E-state index contributed by atoms with van der Waals surface area (Å²) in [6.45, 7) is 5.02. The first-order valence-electron chi connectivity index (χ1n) is 10.5. The Hall–Kier alpha value is -2.55. The average molecular weight is 475 g/mol. The molecule has 1 rings (SSSR count). The van der Waals surface area contributed by atoms with Gasteiger partial charge in [-0.05, 0) is 58.1 Å². The molecule has 10 heteroatoms. The molecule has 0 heterocycles. The van der Waals surface area contributed by atoms with Crippen molar-refractivity contribution in [1.82, 2.24) is 5.32 Å². The molecule has 0 saturated heterocycles. The number of ether oxygens (including phenoxy) is 2. The van der Waals surface area contributed by atoms with Gasteiger partial charge in [0.25, 0.3) is 0 Å². The van der Waals surface area contributed by atoms with Gasteiger partial charge in [0, 0.05) is 23.9 Å². The number of primary amides is 1. The summed E-state index contributed by atoms with van der Waals surface area (Å²) in [7, 11) is 0. The zero-order valence-electron chi connectivity index (χ0n) is 18.7. The summed E-state index contributed by atoms with van der Waals surface area (Å²) < 4.78 is 25.7. The number of rotatable bonds is 13. The van der Waals surface area contributed by atoms with E-state index in [2.05, 4.69) is 5.32 Å². The monoisotopic (exact) mass is 474 g/mol. The highest BCUT2D eigenvalue weighted by atomic mass is 35.5. The zero-order valence-corrected chi connectivity index (χ0v) is 19.5. The molecule has 1 atom stereocenters. The number of carbonyl (C=O) groups excluding carboxylic acids is 2. The molecule has 0 aliphatic heterocycles. The Balaban J connectivity index is 2.78. The first-order valence-corrected chi connectivity index (χ1v) is 10.9. The van der Waals surface area contributed by atoms with Gasteiger partial charge in [0.1, 0.15) is 12.2 Å². The van der Waals surface area contributed by atoms with E-state index >= 15 is 0 Å². The van der Waals surface area contributed by atoms with Crippen LogP contribution in [0.4, 0.5) is 9.18 Å². The third-order valence-electron chi connectivity index (χ3n) is 4.32. The van der Waals surface area contributed by atoms with Crippen molar-refractivity contribution in [3.05, 3.63) is 28.5 Å². The molecule has 180 valence electrons. The van der Waals surface area contributed by atoms with E-state index < -0.39 is 35.4 Å². The maximum Gasteiger partial charge on any atom is 0.407 e. The van der Waals surface area contributed by atoms with E-state index in [0.29, 0.717) is 31.2 Å². The van der Waals surface area contributed by atoms with Crippen molar-refractivity contribution in [1.29, 1.82) is 0 Å². The fraction of sp³-hybridized carbons (Fsp3) is 0.591. The van der Waals surface area contributed by atoms with E-state index in [1.807, 2.05) is 0 Å². The van der Waals surface area contributed by atoms with Crippen molar-refractivity contribution < 1.29 is 33.4 Å². The molecule has 8 nitrogen and oxygen atoms in total. The largest absolute Gasteiger partial charge is 0.488 e. The minimum Gasteiger partial charge on any atom is -0.488 e. The summed E-state index contributed by atoms with van der Waals surface area (Å²) in [5.41, 5.74) is 4.84. The number of carbonyl (C=O) groups is 3. The number of carboxylic acids is 1. The molecular weight excluding hydrogens is 443 g/mol. The third kappa shape index (κ3) is 11.7. The van der Waals surface area contributed by atoms with Crippen LogP contribution in [0.2, 0.25) is 5.02 Å². The predicted molar refractivity (Wildman–Crippen MR) is 118 cm³/mol. The number of unbranched alkanes of at least 4 members (excludes halogenated alkanes) is 2. The number of hydrogen-bond acceptors (Lipinski definition) is 5. The van der Waals surface area contributed by atoms with E-state index in [9.17, 15) is 18.8 Å². The van der Waals surface area contributed by atoms with E-state index in [1.54, 1.807) is 20.8 Å². The lowest BCUT2D eigenvalue weighted by Gasteiger charge is -2.24. The number of nitrogens with two attached hydrogens (primary N) is 1. The molecule has 0 saturated carbocycles. The highest BCUT2D eigenvalue weighted by Gasteiger charge is 2.21. The first-order chi connectivity index (χ1) is 14.9. The number of halogens is 2. The number of carboxylic acid groups (broad SMARTS) is 1. The molecule has 2 amide bonds. The number of aryl methyl sites for hydroxylation is 1. The van der Waals surface area contributed by atoms with Crippen molar-refractivity contribution in [3.63, 3.8) is 0 Å². The van der Waals surface area contributed by atoms with Crippen LogP contribution < -0.4 is 15.8 Å². The van der Waals surface area contributed by atoms with E-state index in [-0.39, 0.29) is 36.6 Å². The quantitative estimate of drug-likeness (QED) is 0.367. The fourth-order valence-corrected chi connectivity index (χ4v) is 3.08. The SMILES string of the molecule is CC(C)(C)OC(=O)N[C@@H](CCC(N)=O)COc1cc(Cl)cc(CCCCCC(=O)O)c1F. The van der Waals surface area contributed by atoms with Crippen LogP contribution in [0.15, 0.2) is 12.1 Å². The van der Waals surface area contributed by atoms with Crippen LogP contribution in [0.5, 0.6) is 5.75 Å². The average Bonchev–Trinajstić information content (AvgIpc) is 2.64. The number of amides is 2. The van der Waals surface area contributed by atoms with Gasteiger partial charge in [-0.1, -0.05) is 18.0 Å². The van der Waals surface area contributed by atoms with E-state index in [4.69, 9.17) is 31.9 Å². The van der Waals surface area contributed by atoms with Crippen LogP contribution in [0.25, 0.3) is 0 Å². The Morgan fingerprint density at radius 1 is 1.19 bits per heavy atom. The summed E-state index contributed by atoms with van der Waals surface area (Å²) in [6, 6.07) is 2.20. The Bertz CT molecular complexity index is 797. The van der Waals surface area contributed by atoms with Gasteiger partial charge in [-0.25, -0.2) is 9.18 Å². The molecule has 4 N–H and O–H groups in total. The molecule has 1 aromatic carbocycles. The highest BCUT2D eigenvalue weighted by molar-refractivity contribution is 6.30. The Labute approximate surface area is 192 Å². The minimum absolute atomic E-state index is 0.00342. The second-order valence-electron chi connectivity index (χ2n) is 8.49. The standard InChI is InChI=1S/C22H32ClFN2O6/c1-22(2,3)32-21(30)26-16(9-10-18(25)27)13-31-17-12-15(23)11-14(20(17)24)7-5-4-6-8-19(28)29/h11-12,16H,4-10,13H2,1-3H3,(H2,25,27)(H,26,30)(H,28,29)/t16-/m0/s1. The molecule has 0 bridgehead atoms. The van der Waals surface area contributed by atoms with Gasteiger partial charge < -0.3 is 25.6 Å². The van der Waals surface area contributed by atoms with Crippen molar-refractivity contribution >= 4 is 29.6 Å². The topological polar surface area (TPSA) is 128 Å². The van der Waals surface area contributed by atoms with Crippen molar-refractivity contribution in [2.75, 3.05) is 6.61 Å². The summed E-state index contributed by atoms with van der Waals surface area (Å²) in [5.74, 6) is -2.05. The van der Waals surface area contributed by atoms with Gasteiger partial charge in [-0.15, -0.1) is 0 Å². The molecule has 0 radical (unpaired) electrons. The van der Waals surface area contributed by atoms with Gasteiger partial charge >= 0.3 is 12.1 Å². The summed E-state index contributed by atoms with van der Waals surface area (Å²) in [4.78, 5) is 33.8. The van der Waals surface area contributed by atoms with Gasteiger partial charge in [-0.3, -0.25) is 9.59 Å². The van der Waals surface area contributed by atoms with Crippen molar-refractivity contribution in [3.8, 4) is 5.75 Å². The first kappa shape index (κ1) is 27.5. The number of benzene rings is 1. The molecular formula is C22H32ClFN2O6. The Morgan fingerprint density at radius 3 is 2.47 bits per heavy atom.